The van der Waals surface area contributed by atoms with E-state index in [-0.39, 0.29) is 12.2 Å². The van der Waals surface area contributed by atoms with Gasteiger partial charge in [-0.1, -0.05) is 6.92 Å². The maximum Gasteiger partial charge on any atom is 0.186 e. The van der Waals surface area contributed by atoms with Crippen molar-refractivity contribution in [1.29, 1.82) is 0 Å². The molecule has 0 unspecified atom stereocenters. The Morgan fingerprint density at radius 2 is 2.41 bits per heavy atom. The molecule has 0 bridgehead atoms. The van der Waals surface area contributed by atoms with Crippen molar-refractivity contribution in [3.05, 3.63) is 29.0 Å². The van der Waals surface area contributed by atoms with Crippen LogP contribution in [0.2, 0.25) is 0 Å². The van der Waals surface area contributed by atoms with E-state index in [0.717, 1.165) is 18.7 Å². The number of thiazole rings is 1. The van der Waals surface area contributed by atoms with E-state index < -0.39 is 0 Å². The van der Waals surface area contributed by atoms with Crippen molar-refractivity contribution >= 4 is 22.3 Å². The van der Waals surface area contributed by atoms with E-state index in [9.17, 15) is 4.79 Å². The van der Waals surface area contributed by atoms with Crippen molar-refractivity contribution < 1.29 is 4.79 Å². The highest BCUT2D eigenvalue weighted by molar-refractivity contribution is 7.13. The minimum Gasteiger partial charge on any atom is -0.375 e. The van der Waals surface area contributed by atoms with E-state index in [2.05, 4.69) is 17.0 Å². The fourth-order valence-electron chi connectivity index (χ4n) is 1.62. The van der Waals surface area contributed by atoms with Crippen LogP contribution >= 0.6 is 11.3 Å². The molecule has 0 aliphatic carbocycles. The van der Waals surface area contributed by atoms with Crippen molar-refractivity contribution in [2.45, 2.75) is 26.3 Å². The smallest absolute Gasteiger partial charge is 0.186 e. The van der Waals surface area contributed by atoms with Gasteiger partial charge in [-0.05, 0) is 12.5 Å². The molecule has 0 spiro atoms. The van der Waals surface area contributed by atoms with Crippen LogP contribution < -0.4 is 5.73 Å². The van der Waals surface area contributed by atoms with Crippen molar-refractivity contribution in [2.24, 2.45) is 0 Å². The Hall–Kier alpha value is -1.69. The molecule has 0 amide bonds. The molecule has 2 N–H and O–H groups in total. The lowest BCUT2D eigenvalue weighted by Crippen LogP contribution is -2.12. The van der Waals surface area contributed by atoms with Crippen molar-refractivity contribution in [2.75, 3.05) is 5.73 Å². The average Bonchev–Trinajstić information content (AvgIpc) is 2.88. The molecule has 0 saturated heterocycles. The predicted octanol–water partition coefficient (Wildman–Crippen LogP) is 1.76. The molecule has 2 aromatic rings. The molecule has 0 aromatic carbocycles. The van der Waals surface area contributed by atoms with Crippen LogP contribution in [0, 0.1) is 0 Å². The highest BCUT2D eigenvalue weighted by Gasteiger charge is 2.13. The van der Waals surface area contributed by atoms with Crippen LogP contribution in [-0.2, 0) is 13.0 Å². The summed E-state index contributed by atoms with van der Waals surface area (Å²) in [6, 6.07) is 1.74. The number of nitrogen functional groups attached to an aromatic ring is 1. The Bertz CT molecular complexity index is 517. The van der Waals surface area contributed by atoms with Crippen molar-refractivity contribution in [1.82, 2.24) is 14.8 Å². The minimum absolute atomic E-state index is 0.0289. The molecule has 0 aliphatic heterocycles. The van der Waals surface area contributed by atoms with Crippen LogP contribution in [0.1, 0.15) is 29.5 Å². The summed E-state index contributed by atoms with van der Waals surface area (Å²) in [6.45, 7) is 2.81. The molecule has 5 nitrogen and oxygen atoms in total. The van der Waals surface area contributed by atoms with Gasteiger partial charge >= 0.3 is 0 Å². The average molecular weight is 250 g/mol. The summed E-state index contributed by atoms with van der Waals surface area (Å²) >= 11 is 1.35. The summed E-state index contributed by atoms with van der Waals surface area (Å²) in [5, 5.41) is 6.44. The molecule has 90 valence electrons. The third-order valence-electron chi connectivity index (χ3n) is 2.35. The molecule has 2 aromatic heterocycles. The van der Waals surface area contributed by atoms with Gasteiger partial charge in [-0.2, -0.15) is 5.10 Å². The number of anilines is 1. The zero-order valence-electron chi connectivity index (χ0n) is 9.59. The van der Waals surface area contributed by atoms with E-state index in [0.29, 0.717) is 10.8 Å². The second-order valence-electron chi connectivity index (χ2n) is 3.72. The third kappa shape index (κ3) is 2.71. The standard InChI is InChI=1S/C11H14N4OS/c1-2-5-15-9(3-4-13-15)10(16)6-8-7-17-11(12)14-8/h3-4,7H,2,5-6H2,1H3,(H2,12,14). The maximum atomic E-state index is 12.0. The third-order valence-corrected chi connectivity index (χ3v) is 3.07. The SMILES string of the molecule is CCCn1nccc1C(=O)Cc1csc(N)n1. The zero-order chi connectivity index (χ0) is 12.3. The monoisotopic (exact) mass is 250 g/mol. The molecular weight excluding hydrogens is 236 g/mol. The first-order valence-corrected chi connectivity index (χ1v) is 6.33. The number of Topliss-reactive ketones (excluding diaryl/α,β-unsaturated/α-hetero) is 1. The Morgan fingerprint density at radius 1 is 1.59 bits per heavy atom. The lowest BCUT2D eigenvalue weighted by atomic mass is 10.2. The Labute approximate surface area is 103 Å². The molecule has 0 aliphatic rings. The van der Waals surface area contributed by atoms with Gasteiger partial charge in [-0.3, -0.25) is 9.48 Å². The molecule has 6 heteroatoms. The van der Waals surface area contributed by atoms with Crippen molar-refractivity contribution in [3.63, 3.8) is 0 Å². The second kappa shape index (κ2) is 5.09. The van der Waals surface area contributed by atoms with E-state index in [1.807, 2.05) is 5.38 Å². The molecule has 0 radical (unpaired) electrons. The topological polar surface area (TPSA) is 73.8 Å². The van der Waals surface area contributed by atoms with Gasteiger partial charge in [0.2, 0.25) is 0 Å². The van der Waals surface area contributed by atoms with Gasteiger partial charge in [0.15, 0.2) is 10.9 Å². The number of ketones is 1. The number of aryl methyl sites for hydroxylation is 1. The Morgan fingerprint density at radius 3 is 3.06 bits per heavy atom. The zero-order valence-corrected chi connectivity index (χ0v) is 10.4. The summed E-state index contributed by atoms with van der Waals surface area (Å²) in [5.41, 5.74) is 6.89. The second-order valence-corrected chi connectivity index (χ2v) is 4.61. The highest BCUT2D eigenvalue weighted by atomic mass is 32.1. The molecule has 17 heavy (non-hydrogen) atoms. The quantitative estimate of drug-likeness (QED) is 0.820. The lowest BCUT2D eigenvalue weighted by molar-refractivity contribution is 0.0981. The van der Waals surface area contributed by atoms with Gasteiger partial charge in [0.1, 0.15) is 5.69 Å². The molecule has 0 atom stereocenters. The van der Waals surface area contributed by atoms with E-state index in [1.54, 1.807) is 16.9 Å². The van der Waals surface area contributed by atoms with E-state index in [1.165, 1.54) is 11.3 Å². The normalized spacial score (nSPS) is 10.6. The molecule has 2 rings (SSSR count). The van der Waals surface area contributed by atoms with Gasteiger partial charge < -0.3 is 5.73 Å². The van der Waals surface area contributed by atoms with Crippen LogP contribution in [0.15, 0.2) is 17.6 Å². The summed E-state index contributed by atoms with van der Waals surface area (Å²) in [4.78, 5) is 16.1. The molecule has 0 fully saturated rings. The Kier molecular flexibility index (Phi) is 3.53. The maximum absolute atomic E-state index is 12.0. The van der Waals surface area contributed by atoms with E-state index >= 15 is 0 Å². The van der Waals surface area contributed by atoms with E-state index in [4.69, 9.17) is 5.73 Å². The largest absolute Gasteiger partial charge is 0.375 e. The van der Waals surface area contributed by atoms with Gasteiger partial charge in [-0.25, -0.2) is 4.98 Å². The molecule has 2 heterocycles. The molecule has 0 saturated carbocycles. The van der Waals surface area contributed by atoms with Crippen LogP contribution in [0.3, 0.4) is 0 Å². The predicted molar refractivity (Wildman–Crippen MR) is 67.1 cm³/mol. The van der Waals surface area contributed by atoms with Crippen LogP contribution in [0.4, 0.5) is 5.13 Å². The number of nitrogens with zero attached hydrogens (tertiary/aromatic N) is 3. The highest BCUT2D eigenvalue weighted by Crippen LogP contribution is 2.13. The van der Waals surface area contributed by atoms with Crippen molar-refractivity contribution in [3.8, 4) is 0 Å². The van der Waals surface area contributed by atoms with Crippen LogP contribution in [-0.4, -0.2) is 20.5 Å². The fourth-order valence-corrected chi connectivity index (χ4v) is 2.18. The summed E-state index contributed by atoms with van der Waals surface area (Å²) in [5.74, 6) is 0.0289. The van der Waals surface area contributed by atoms with Gasteiger partial charge in [0.25, 0.3) is 0 Å². The number of rotatable bonds is 5. The van der Waals surface area contributed by atoms with Gasteiger partial charge in [0, 0.05) is 18.1 Å². The number of aromatic nitrogens is 3. The summed E-state index contributed by atoms with van der Waals surface area (Å²) in [7, 11) is 0. The van der Waals surface area contributed by atoms with Crippen LogP contribution in [0.5, 0.6) is 0 Å². The lowest BCUT2D eigenvalue weighted by Gasteiger charge is -2.03. The number of hydrogen-bond donors (Lipinski definition) is 1. The number of carbonyl (C=O) groups excluding carboxylic acids is 1. The number of nitrogens with two attached hydrogens (primary N) is 1. The van der Waals surface area contributed by atoms with Crippen LogP contribution in [0.25, 0.3) is 0 Å². The van der Waals surface area contributed by atoms with Gasteiger partial charge in [0.05, 0.1) is 12.1 Å². The first-order chi connectivity index (χ1) is 8.20. The Balaban J connectivity index is 2.11. The summed E-state index contributed by atoms with van der Waals surface area (Å²) < 4.78 is 1.73. The number of hydrogen-bond acceptors (Lipinski definition) is 5. The minimum atomic E-state index is 0.0289. The molecular formula is C11H14N4OS. The first kappa shape index (κ1) is 11.8. The first-order valence-electron chi connectivity index (χ1n) is 5.45. The summed E-state index contributed by atoms with van der Waals surface area (Å²) in [6.07, 6.45) is 2.88. The number of carbonyl (C=O) groups is 1. The van der Waals surface area contributed by atoms with Gasteiger partial charge in [-0.15, -0.1) is 11.3 Å². The fraction of sp³-hybridized carbons (Fsp3) is 0.364.